The second-order valence-corrected chi connectivity index (χ2v) is 6.57. The van der Waals surface area contributed by atoms with Crippen LogP contribution in [-0.2, 0) is 4.74 Å². The number of rotatable bonds is 6. The number of nitrogens with one attached hydrogen (secondary N) is 1. The summed E-state index contributed by atoms with van der Waals surface area (Å²) in [6.07, 6.45) is 0.745. The van der Waals surface area contributed by atoms with Crippen molar-refractivity contribution in [1.82, 2.24) is 15.1 Å². The van der Waals surface area contributed by atoms with Gasteiger partial charge in [0.25, 0.3) is 5.91 Å². The molecule has 4 rings (SSSR count). The number of hydrogen-bond acceptors (Lipinski definition) is 4. The summed E-state index contributed by atoms with van der Waals surface area (Å²) < 4.78 is 5.15. The fourth-order valence-corrected chi connectivity index (χ4v) is 3.63. The number of phenolic OH excluding ortho intramolecular Hbond substituents is 1. The molecule has 0 saturated heterocycles. The minimum atomic E-state index is -0.251. The molecule has 0 radical (unpaired) electrons. The van der Waals surface area contributed by atoms with Crippen molar-refractivity contribution in [3.63, 3.8) is 0 Å². The van der Waals surface area contributed by atoms with Gasteiger partial charge < -0.3 is 14.7 Å². The number of nitrogens with zero attached hydrogens (tertiary/aromatic N) is 2. The standard InChI is InChI=1S/C21H21N3O3/c1-27-13-5-12-24-20(15-8-10-16(25)11-9-15)17-18(14-6-3-2-4-7-14)22-23-19(17)21(24)26/h2-4,6-11,20,25H,5,12-13H2,1H3,(H,22,23). The molecule has 1 amide bonds. The Morgan fingerprint density at radius 1 is 1.15 bits per heavy atom. The molecular formula is C21H21N3O3. The van der Waals surface area contributed by atoms with Gasteiger partial charge in [-0.15, -0.1) is 0 Å². The first-order valence-corrected chi connectivity index (χ1v) is 8.93. The number of H-pyrrole nitrogens is 1. The highest BCUT2D eigenvalue weighted by Gasteiger charge is 2.41. The molecule has 138 valence electrons. The molecule has 27 heavy (non-hydrogen) atoms. The van der Waals surface area contributed by atoms with Crippen molar-refractivity contribution in [2.24, 2.45) is 0 Å². The number of fused-ring (bicyclic) bond motifs is 1. The molecule has 1 aromatic heterocycles. The van der Waals surface area contributed by atoms with Crippen molar-refractivity contribution in [3.05, 3.63) is 71.4 Å². The molecule has 0 fully saturated rings. The Hall–Kier alpha value is -3.12. The minimum absolute atomic E-state index is 0.0612. The predicted octanol–water partition coefficient (Wildman–Crippen LogP) is 3.36. The predicted molar refractivity (Wildman–Crippen MR) is 102 cm³/mol. The Kier molecular flexibility index (Phi) is 4.64. The summed E-state index contributed by atoms with van der Waals surface area (Å²) in [6.45, 7) is 1.17. The Morgan fingerprint density at radius 2 is 1.89 bits per heavy atom. The minimum Gasteiger partial charge on any atom is -0.508 e. The van der Waals surface area contributed by atoms with Crippen molar-refractivity contribution < 1.29 is 14.6 Å². The topological polar surface area (TPSA) is 78.5 Å². The van der Waals surface area contributed by atoms with Crippen molar-refractivity contribution >= 4 is 5.91 Å². The van der Waals surface area contributed by atoms with Gasteiger partial charge in [0.05, 0.1) is 11.7 Å². The maximum absolute atomic E-state index is 13.1. The van der Waals surface area contributed by atoms with Crippen LogP contribution in [-0.4, -0.2) is 46.4 Å². The van der Waals surface area contributed by atoms with E-state index in [2.05, 4.69) is 10.2 Å². The van der Waals surface area contributed by atoms with E-state index in [9.17, 15) is 9.90 Å². The van der Waals surface area contributed by atoms with Crippen LogP contribution < -0.4 is 0 Å². The number of ether oxygens (including phenoxy) is 1. The molecule has 0 spiro atoms. The number of aromatic nitrogens is 2. The fraction of sp³-hybridized carbons (Fsp3) is 0.238. The van der Waals surface area contributed by atoms with Crippen molar-refractivity contribution in [3.8, 4) is 17.0 Å². The highest BCUT2D eigenvalue weighted by molar-refractivity contribution is 6.00. The van der Waals surface area contributed by atoms with Crippen LogP contribution in [0.2, 0.25) is 0 Å². The summed E-state index contributed by atoms with van der Waals surface area (Å²) in [4.78, 5) is 14.9. The zero-order valence-corrected chi connectivity index (χ0v) is 15.1. The summed E-state index contributed by atoms with van der Waals surface area (Å²) in [7, 11) is 1.66. The Bertz CT molecular complexity index is 935. The quantitative estimate of drug-likeness (QED) is 0.658. The molecule has 2 heterocycles. The third-order valence-electron chi connectivity index (χ3n) is 4.87. The summed E-state index contributed by atoms with van der Waals surface area (Å²) in [5.41, 5.74) is 4.10. The number of methoxy groups -OCH3 is 1. The molecule has 1 atom stereocenters. The zero-order chi connectivity index (χ0) is 18.8. The van der Waals surface area contributed by atoms with Gasteiger partial charge in [-0.1, -0.05) is 42.5 Å². The van der Waals surface area contributed by atoms with E-state index in [-0.39, 0.29) is 17.7 Å². The van der Waals surface area contributed by atoms with E-state index in [0.29, 0.717) is 18.8 Å². The second-order valence-electron chi connectivity index (χ2n) is 6.57. The van der Waals surface area contributed by atoms with Crippen LogP contribution in [0.25, 0.3) is 11.3 Å². The van der Waals surface area contributed by atoms with Crippen molar-refractivity contribution in [2.45, 2.75) is 12.5 Å². The summed E-state index contributed by atoms with van der Waals surface area (Å²) in [5, 5.41) is 17.0. The lowest BCUT2D eigenvalue weighted by molar-refractivity contribution is 0.0723. The van der Waals surface area contributed by atoms with E-state index < -0.39 is 0 Å². The molecule has 1 aliphatic heterocycles. The van der Waals surface area contributed by atoms with Crippen molar-refractivity contribution in [2.75, 3.05) is 20.3 Å². The largest absolute Gasteiger partial charge is 0.508 e. The van der Waals surface area contributed by atoms with Crippen LogP contribution in [0.5, 0.6) is 5.75 Å². The molecule has 2 aromatic carbocycles. The van der Waals surface area contributed by atoms with Crippen LogP contribution >= 0.6 is 0 Å². The second kappa shape index (κ2) is 7.25. The Balaban J connectivity index is 1.81. The highest BCUT2D eigenvalue weighted by Crippen LogP contribution is 2.42. The number of aromatic amines is 1. The number of carbonyl (C=O) groups excluding carboxylic acids is 1. The van der Waals surface area contributed by atoms with Crippen LogP contribution in [0.3, 0.4) is 0 Å². The van der Waals surface area contributed by atoms with E-state index in [1.807, 2.05) is 47.4 Å². The van der Waals surface area contributed by atoms with Crippen LogP contribution in [0.4, 0.5) is 0 Å². The molecule has 0 saturated carbocycles. The molecule has 1 unspecified atom stereocenters. The normalized spacial score (nSPS) is 16.0. The third kappa shape index (κ3) is 3.08. The molecule has 0 bridgehead atoms. The van der Waals surface area contributed by atoms with Gasteiger partial charge in [-0.2, -0.15) is 5.10 Å². The van der Waals surface area contributed by atoms with Gasteiger partial charge in [-0.3, -0.25) is 9.89 Å². The molecule has 1 aliphatic rings. The van der Waals surface area contributed by atoms with Gasteiger partial charge in [0.15, 0.2) is 0 Å². The number of carbonyl (C=O) groups is 1. The average Bonchev–Trinajstić information content (AvgIpc) is 3.23. The van der Waals surface area contributed by atoms with Crippen molar-refractivity contribution in [1.29, 1.82) is 0 Å². The lowest BCUT2D eigenvalue weighted by atomic mass is 9.96. The van der Waals surface area contributed by atoms with E-state index >= 15 is 0 Å². The Morgan fingerprint density at radius 3 is 2.59 bits per heavy atom. The molecule has 6 heteroatoms. The Labute approximate surface area is 157 Å². The van der Waals surface area contributed by atoms with E-state index in [4.69, 9.17) is 4.74 Å². The van der Waals surface area contributed by atoms with Gasteiger partial charge >= 0.3 is 0 Å². The zero-order valence-electron chi connectivity index (χ0n) is 15.1. The number of hydrogen-bond donors (Lipinski definition) is 2. The van der Waals surface area contributed by atoms with E-state index in [1.54, 1.807) is 19.2 Å². The average molecular weight is 363 g/mol. The summed E-state index contributed by atoms with van der Waals surface area (Å²) >= 11 is 0. The number of aromatic hydroxyl groups is 1. The monoisotopic (exact) mass is 363 g/mol. The first kappa shape index (κ1) is 17.3. The maximum Gasteiger partial charge on any atom is 0.273 e. The first-order valence-electron chi connectivity index (χ1n) is 8.93. The van der Waals surface area contributed by atoms with Crippen LogP contribution in [0.1, 0.15) is 34.1 Å². The SMILES string of the molecule is COCCCN1C(=O)c2[nH]nc(-c3ccccc3)c2C1c1ccc(O)cc1. The molecule has 2 N–H and O–H groups in total. The summed E-state index contributed by atoms with van der Waals surface area (Å²) in [6, 6.07) is 16.6. The van der Waals surface area contributed by atoms with Gasteiger partial charge in [0.2, 0.25) is 0 Å². The number of benzene rings is 2. The van der Waals surface area contributed by atoms with Crippen LogP contribution in [0, 0.1) is 0 Å². The fourth-order valence-electron chi connectivity index (χ4n) is 3.63. The van der Waals surface area contributed by atoms with Gasteiger partial charge in [0, 0.05) is 31.4 Å². The number of phenols is 1. The molecule has 6 nitrogen and oxygen atoms in total. The van der Waals surface area contributed by atoms with E-state index in [0.717, 1.165) is 28.8 Å². The molecule has 3 aromatic rings. The molecule has 0 aliphatic carbocycles. The first-order chi connectivity index (χ1) is 13.2. The third-order valence-corrected chi connectivity index (χ3v) is 4.87. The smallest absolute Gasteiger partial charge is 0.273 e. The van der Waals surface area contributed by atoms with E-state index in [1.165, 1.54) is 0 Å². The lowest BCUT2D eigenvalue weighted by Crippen LogP contribution is -2.31. The highest BCUT2D eigenvalue weighted by atomic mass is 16.5. The van der Waals surface area contributed by atoms with Gasteiger partial charge in [-0.25, -0.2) is 0 Å². The molecular weight excluding hydrogens is 342 g/mol. The van der Waals surface area contributed by atoms with Crippen LogP contribution in [0.15, 0.2) is 54.6 Å². The maximum atomic E-state index is 13.1. The van der Waals surface area contributed by atoms with Gasteiger partial charge in [0.1, 0.15) is 11.4 Å². The lowest BCUT2D eigenvalue weighted by Gasteiger charge is -2.26. The summed E-state index contributed by atoms with van der Waals surface area (Å²) in [5.74, 6) is 0.138. The number of amides is 1. The van der Waals surface area contributed by atoms with Gasteiger partial charge in [-0.05, 0) is 24.1 Å².